The zero-order valence-corrected chi connectivity index (χ0v) is 9.40. The van der Waals surface area contributed by atoms with Crippen LogP contribution >= 0.6 is 0 Å². The highest BCUT2D eigenvalue weighted by Crippen LogP contribution is 1.97. The van der Waals surface area contributed by atoms with Gasteiger partial charge >= 0.3 is 5.97 Å². The van der Waals surface area contributed by atoms with Crippen molar-refractivity contribution in [3.05, 3.63) is 36.5 Å². The summed E-state index contributed by atoms with van der Waals surface area (Å²) in [7, 11) is 0. The summed E-state index contributed by atoms with van der Waals surface area (Å²) in [5, 5.41) is 11.0. The van der Waals surface area contributed by atoms with Gasteiger partial charge in [0.05, 0.1) is 0 Å². The zero-order chi connectivity index (χ0) is 12.4. The summed E-state index contributed by atoms with van der Waals surface area (Å²) in [5.41, 5.74) is 0.466. The van der Waals surface area contributed by atoms with Crippen LogP contribution in [0.15, 0.2) is 36.5 Å². The van der Waals surface area contributed by atoms with E-state index in [1.54, 1.807) is 18.2 Å². The highest BCUT2D eigenvalue weighted by Gasteiger charge is 2.04. The van der Waals surface area contributed by atoms with Gasteiger partial charge < -0.3 is 10.4 Å². The molecule has 4 nitrogen and oxygen atoms in total. The van der Waals surface area contributed by atoms with Crippen LogP contribution in [0.4, 0.5) is 0 Å². The second kappa shape index (κ2) is 8.47. The van der Waals surface area contributed by atoms with Crippen LogP contribution in [0, 0.1) is 0 Å². The molecular weight excluding hydrogens is 206 g/mol. The summed E-state index contributed by atoms with van der Waals surface area (Å²) in [6, 6.07) is 0. The molecule has 16 heavy (non-hydrogen) atoms. The molecule has 0 atom stereocenters. The van der Waals surface area contributed by atoms with E-state index in [-0.39, 0.29) is 12.3 Å². The van der Waals surface area contributed by atoms with Gasteiger partial charge in [0.15, 0.2) is 0 Å². The van der Waals surface area contributed by atoms with Crippen molar-refractivity contribution in [2.24, 2.45) is 0 Å². The largest absolute Gasteiger partial charge is 0.481 e. The summed E-state index contributed by atoms with van der Waals surface area (Å²) in [6.07, 6.45) is 7.15. The van der Waals surface area contributed by atoms with E-state index in [0.29, 0.717) is 18.5 Å². The van der Waals surface area contributed by atoms with E-state index in [1.165, 1.54) is 6.08 Å². The van der Waals surface area contributed by atoms with Crippen molar-refractivity contribution in [2.75, 3.05) is 6.54 Å². The van der Waals surface area contributed by atoms with Crippen LogP contribution in [0.2, 0.25) is 0 Å². The molecule has 2 N–H and O–H groups in total. The average molecular weight is 223 g/mol. The molecule has 0 aromatic carbocycles. The molecule has 0 aliphatic heterocycles. The van der Waals surface area contributed by atoms with Crippen LogP contribution in [0.1, 0.15) is 19.8 Å². The third-order valence-corrected chi connectivity index (χ3v) is 1.80. The van der Waals surface area contributed by atoms with E-state index in [9.17, 15) is 9.59 Å². The standard InChI is InChI=1S/C12H17NO3/c1-3-5-7-10(4-2)12(16)13-9-6-8-11(14)15/h3-5,7H,2,6,8-9H2,1H3,(H,13,16)(H,14,15)/b5-3-,10-7+. The minimum atomic E-state index is -0.859. The fourth-order valence-corrected chi connectivity index (χ4v) is 0.980. The minimum Gasteiger partial charge on any atom is -0.481 e. The molecule has 0 saturated carbocycles. The molecule has 4 heteroatoms. The second-order valence-electron chi connectivity index (χ2n) is 3.11. The summed E-state index contributed by atoms with van der Waals surface area (Å²) in [6.45, 7) is 5.74. The lowest BCUT2D eigenvalue weighted by molar-refractivity contribution is -0.137. The van der Waals surface area contributed by atoms with E-state index in [4.69, 9.17) is 5.11 Å². The smallest absolute Gasteiger partial charge is 0.303 e. The number of carbonyl (C=O) groups excluding carboxylic acids is 1. The fourth-order valence-electron chi connectivity index (χ4n) is 0.980. The third-order valence-electron chi connectivity index (χ3n) is 1.80. The number of allylic oxidation sites excluding steroid dienone is 3. The van der Waals surface area contributed by atoms with Crippen molar-refractivity contribution in [1.82, 2.24) is 5.32 Å². The number of carbonyl (C=O) groups is 2. The van der Waals surface area contributed by atoms with E-state index in [0.717, 1.165) is 0 Å². The van der Waals surface area contributed by atoms with Crippen LogP contribution in [0.25, 0.3) is 0 Å². The Bertz CT molecular complexity index is 316. The minimum absolute atomic E-state index is 0.0578. The first-order chi connectivity index (χ1) is 7.61. The molecular formula is C12H17NO3. The first kappa shape index (κ1) is 14.2. The van der Waals surface area contributed by atoms with Gasteiger partial charge in [-0.3, -0.25) is 9.59 Å². The van der Waals surface area contributed by atoms with Crippen molar-refractivity contribution >= 4 is 11.9 Å². The van der Waals surface area contributed by atoms with Crippen molar-refractivity contribution in [3.63, 3.8) is 0 Å². The highest BCUT2D eigenvalue weighted by atomic mass is 16.4. The monoisotopic (exact) mass is 223 g/mol. The molecule has 0 rings (SSSR count). The van der Waals surface area contributed by atoms with E-state index < -0.39 is 5.97 Å². The Morgan fingerprint density at radius 1 is 1.44 bits per heavy atom. The van der Waals surface area contributed by atoms with E-state index in [2.05, 4.69) is 11.9 Å². The topological polar surface area (TPSA) is 66.4 Å². The lowest BCUT2D eigenvalue weighted by Crippen LogP contribution is -2.25. The number of hydrogen-bond donors (Lipinski definition) is 2. The number of nitrogens with one attached hydrogen (secondary N) is 1. The molecule has 1 amide bonds. The maximum absolute atomic E-state index is 11.5. The van der Waals surface area contributed by atoms with Crippen LogP contribution < -0.4 is 5.32 Å². The molecule has 0 heterocycles. The molecule has 0 aliphatic rings. The molecule has 0 unspecified atom stereocenters. The Balaban J connectivity index is 4.03. The van der Waals surface area contributed by atoms with Crippen molar-refractivity contribution in [2.45, 2.75) is 19.8 Å². The number of rotatable bonds is 7. The average Bonchev–Trinajstić information content (AvgIpc) is 2.25. The Morgan fingerprint density at radius 3 is 2.62 bits per heavy atom. The zero-order valence-electron chi connectivity index (χ0n) is 9.40. The van der Waals surface area contributed by atoms with Gasteiger partial charge in [0.25, 0.3) is 5.91 Å². The number of hydrogen-bond acceptors (Lipinski definition) is 2. The SMILES string of the molecule is C=C/C(=C\C=C/C)C(=O)NCCCC(=O)O. The quantitative estimate of drug-likeness (QED) is 0.392. The second-order valence-corrected chi connectivity index (χ2v) is 3.11. The predicted molar refractivity (Wildman–Crippen MR) is 63.0 cm³/mol. The fraction of sp³-hybridized carbons (Fsp3) is 0.333. The van der Waals surface area contributed by atoms with Crippen LogP contribution in [-0.2, 0) is 9.59 Å². The Kier molecular flexibility index (Phi) is 7.49. The van der Waals surface area contributed by atoms with Crippen LogP contribution in [-0.4, -0.2) is 23.5 Å². The van der Waals surface area contributed by atoms with E-state index in [1.807, 2.05) is 6.92 Å². The molecule has 0 saturated heterocycles. The highest BCUT2D eigenvalue weighted by molar-refractivity contribution is 5.96. The normalized spacial score (nSPS) is 11.4. The predicted octanol–water partition coefficient (Wildman–Crippen LogP) is 1.66. The van der Waals surface area contributed by atoms with Gasteiger partial charge in [-0.25, -0.2) is 0 Å². The lowest BCUT2D eigenvalue weighted by Gasteiger charge is -2.03. The summed E-state index contributed by atoms with van der Waals surface area (Å²) < 4.78 is 0. The van der Waals surface area contributed by atoms with E-state index >= 15 is 0 Å². The first-order valence-corrected chi connectivity index (χ1v) is 5.07. The van der Waals surface area contributed by atoms with Crippen LogP contribution in [0.5, 0.6) is 0 Å². The van der Waals surface area contributed by atoms with Gasteiger partial charge in [0.1, 0.15) is 0 Å². The van der Waals surface area contributed by atoms with Crippen molar-refractivity contribution < 1.29 is 14.7 Å². The van der Waals surface area contributed by atoms with Crippen molar-refractivity contribution in [1.29, 1.82) is 0 Å². The van der Waals surface area contributed by atoms with Gasteiger partial charge in [-0.05, 0) is 19.4 Å². The molecule has 0 aliphatic carbocycles. The molecule has 0 radical (unpaired) electrons. The summed E-state index contributed by atoms with van der Waals surface area (Å²) in [5.74, 6) is -1.10. The molecule has 88 valence electrons. The first-order valence-electron chi connectivity index (χ1n) is 5.07. The maximum atomic E-state index is 11.5. The molecule has 0 bridgehead atoms. The Labute approximate surface area is 95.4 Å². The van der Waals surface area contributed by atoms with Gasteiger partial charge in [0, 0.05) is 18.5 Å². The van der Waals surface area contributed by atoms with Crippen LogP contribution in [0.3, 0.4) is 0 Å². The summed E-state index contributed by atoms with van der Waals surface area (Å²) in [4.78, 5) is 21.7. The Morgan fingerprint density at radius 2 is 2.12 bits per heavy atom. The van der Waals surface area contributed by atoms with Gasteiger partial charge in [0.2, 0.25) is 0 Å². The van der Waals surface area contributed by atoms with Crippen molar-refractivity contribution in [3.8, 4) is 0 Å². The lowest BCUT2D eigenvalue weighted by atomic mass is 10.2. The van der Waals surface area contributed by atoms with Gasteiger partial charge in [-0.1, -0.05) is 24.8 Å². The number of aliphatic carboxylic acids is 1. The number of carboxylic acid groups (broad SMARTS) is 1. The Hall–Kier alpha value is -1.84. The summed E-state index contributed by atoms with van der Waals surface area (Å²) >= 11 is 0. The number of amides is 1. The molecule has 0 aromatic rings. The van der Waals surface area contributed by atoms with Gasteiger partial charge in [-0.15, -0.1) is 0 Å². The third kappa shape index (κ3) is 6.59. The maximum Gasteiger partial charge on any atom is 0.303 e. The molecule has 0 fully saturated rings. The molecule has 0 aromatic heterocycles. The number of carboxylic acids is 1. The molecule has 0 spiro atoms. The van der Waals surface area contributed by atoms with Gasteiger partial charge in [-0.2, -0.15) is 0 Å².